The summed E-state index contributed by atoms with van der Waals surface area (Å²) in [4.78, 5) is 0. The van der Waals surface area contributed by atoms with Gasteiger partial charge >= 0.3 is 0 Å². The van der Waals surface area contributed by atoms with Crippen molar-refractivity contribution in [2.24, 2.45) is 11.3 Å². The molecule has 1 saturated carbocycles. The van der Waals surface area contributed by atoms with E-state index < -0.39 is 0 Å². The van der Waals surface area contributed by atoms with Gasteiger partial charge in [0.2, 0.25) is 0 Å². The van der Waals surface area contributed by atoms with Crippen molar-refractivity contribution in [3.63, 3.8) is 0 Å². The Balaban J connectivity index is 2.42. The fourth-order valence-corrected chi connectivity index (χ4v) is 4.34. The summed E-state index contributed by atoms with van der Waals surface area (Å²) in [5, 5.41) is 3.75. The number of rotatable bonds is 11. The largest absolute Gasteiger partial charge is 0.314 e. The van der Waals surface area contributed by atoms with Crippen LogP contribution in [0.3, 0.4) is 0 Å². The van der Waals surface area contributed by atoms with Crippen molar-refractivity contribution >= 4 is 11.8 Å². The fraction of sp³-hybridized carbons (Fsp3) is 1.00. The van der Waals surface area contributed by atoms with Gasteiger partial charge < -0.3 is 5.32 Å². The summed E-state index contributed by atoms with van der Waals surface area (Å²) < 4.78 is 0. The summed E-state index contributed by atoms with van der Waals surface area (Å²) in [5.74, 6) is 3.66. The first-order valence-corrected chi connectivity index (χ1v) is 10.6. The van der Waals surface area contributed by atoms with E-state index in [2.05, 4.69) is 44.8 Å². The third kappa shape index (κ3) is 7.93. The van der Waals surface area contributed by atoms with Crippen LogP contribution in [0, 0.1) is 11.3 Å². The van der Waals surface area contributed by atoms with Gasteiger partial charge in [-0.2, -0.15) is 11.8 Å². The molecule has 2 heteroatoms. The van der Waals surface area contributed by atoms with E-state index in [1.807, 2.05) is 0 Å². The molecule has 1 nitrogen and oxygen atoms in total. The average molecular weight is 314 g/mol. The Hall–Kier alpha value is 0.310. The molecule has 0 atom stereocenters. The van der Waals surface area contributed by atoms with Crippen LogP contribution >= 0.6 is 11.8 Å². The Morgan fingerprint density at radius 1 is 1.14 bits per heavy atom. The van der Waals surface area contributed by atoms with E-state index in [4.69, 9.17) is 0 Å². The molecule has 0 amide bonds. The van der Waals surface area contributed by atoms with Gasteiger partial charge in [0.05, 0.1) is 0 Å². The van der Waals surface area contributed by atoms with Crippen LogP contribution in [0.15, 0.2) is 0 Å². The molecule has 0 aromatic rings. The molecule has 0 aromatic carbocycles. The van der Waals surface area contributed by atoms with Crippen LogP contribution in [0.2, 0.25) is 0 Å². The van der Waals surface area contributed by atoms with E-state index in [-0.39, 0.29) is 0 Å². The maximum Gasteiger partial charge on any atom is 0.00106 e. The van der Waals surface area contributed by atoms with Crippen LogP contribution in [0.5, 0.6) is 0 Å². The monoisotopic (exact) mass is 313 g/mol. The summed E-state index contributed by atoms with van der Waals surface area (Å²) in [7, 11) is 0. The van der Waals surface area contributed by atoms with Gasteiger partial charge in [-0.1, -0.05) is 47.0 Å². The Labute approximate surface area is 138 Å². The molecule has 1 aliphatic carbocycles. The molecule has 0 radical (unpaired) electrons. The number of hydrogen-bond donors (Lipinski definition) is 1. The molecule has 1 fully saturated rings. The molecule has 0 unspecified atom stereocenters. The van der Waals surface area contributed by atoms with Crippen molar-refractivity contribution < 1.29 is 0 Å². The van der Waals surface area contributed by atoms with E-state index in [9.17, 15) is 0 Å². The summed E-state index contributed by atoms with van der Waals surface area (Å²) in [5.41, 5.74) is 0.612. The molecule has 1 aliphatic rings. The molecule has 0 aromatic heterocycles. The Morgan fingerprint density at radius 2 is 1.86 bits per heavy atom. The maximum absolute atomic E-state index is 3.75. The molecule has 0 aliphatic heterocycles. The normalized spacial score (nSPS) is 26.4. The zero-order chi connectivity index (χ0) is 15.6. The van der Waals surface area contributed by atoms with Crippen molar-refractivity contribution in [2.45, 2.75) is 91.5 Å². The Bertz CT molecular complexity index is 244. The van der Waals surface area contributed by atoms with Crippen molar-refractivity contribution in [1.82, 2.24) is 5.32 Å². The average Bonchev–Trinajstić information content (AvgIpc) is 2.49. The minimum Gasteiger partial charge on any atom is -0.314 e. The van der Waals surface area contributed by atoms with Crippen molar-refractivity contribution in [1.29, 1.82) is 0 Å². The lowest BCUT2D eigenvalue weighted by atomic mass is 9.67. The highest BCUT2D eigenvalue weighted by atomic mass is 32.2. The minimum atomic E-state index is 0.612. The van der Waals surface area contributed by atoms with Crippen LogP contribution in [0.25, 0.3) is 0 Å². The van der Waals surface area contributed by atoms with Gasteiger partial charge in [0, 0.05) is 12.6 Å². The number of thioether (sulfide) groups is 1. The van der Waals surface area contributed by atoms with E-state index >= 15 is 0 Å². The van der Waals surface area contributed by atoms with Gasteiger partial charge in [-0.15, -0.1) is 0 Å². The standard InChI is InChI=1S/C19H39NS/c1-5-7-9-18-10-13-19(14-11-18,16-20-17(3)4)12-8-15-21-6-2/h17-18,20H,5-16H2,1-4H3. The molecule has 0 bridgehead atoms. The highest BCUT2D eigenvalue weighted by molar-refractivity contribution is 7.99. The van der Waals surface area contributed by atoms with E-state index in [1.165, 1.54) is 75.8 Å². The molecule has 0 heterocycles. The smallest absolute Gasteiger partial charge is 0.00106 e. The number of nitrogens with one attached hydrogen (secondary N) is 1. The lowest BCUT2D eigenvalue weighted by Crippen LogP contribution is -2.40. The number of unbranched alkanes of at least 4 members (excludes halogenated alkanes) is 1. The maximum atomic E-state index is 3.75. The van der Waals surface area contributed by atoms with E-state index in [0.29, 0.717) is 11.5 Å². The van der Waals surface area contributed by atoms with Crippen LogP contribution in [0.1, 0.15) is 85.5 Å². The zero-order valence-corrected chi connectivity index (χ0v) is 15.9. The first kappa shape index (κ1) is 19.4. The van der Waals surface area contributed by atoms with Crippen molar-refractivity contribution in [3.05, 3.63) is 0 Å². The third-order valence-corrected chi connectivity index (χ3v) is 6.20. The summed E-state index contributed by atoms with van der Waals surface area (Å²) in [6.07, 6.45) is 13.1. The van der Waals surface area contributed by atoms with E-state index in [0.717, 1.165) is 5.92 Å². The first-order chi connectivity index (χ1) is 10.1. The fourth-order valence-electron chi connectivity index (χ4n) is 3.70. The predicted molar refractivity (Wildman–Crippen MR) is 99.3 cm³/mol. The molecule has 1 rings (SSSR count). The van der Waals surface area contributed by atoms with Gasteiger partial charge in [-0.3, -0.25) is 0 Å². The molecule has 0 spiro atoms. The van der Waals surface area contributed by atoms with Crippen LogP contribution < -0.4 is 5.32 Å². The van der Waals surface area contributed by atoms with Crippen LogP contribution in [-0.4, -0.2) is 24.1 Å². The molecular weight excluding hydrogens is 274 g/mol. The minimum absolute atomic E-state index is 0.612. The highest BCUT2D eigenvalue weighted by Crippen LogP contribution is 2.43. The lowest BCUT2D eigenvalue weighted by molar-refractivity contribution is 0.124. The Kier molecular flexibility index (Phi) is 10.1. The van der Waals surface area contributed by atoms with Gasteiger partial charge in [-0.05, 0) is 61.4 Å². The second-order valence-corrected chi connectivity index (χ2v) is 8.82. The second-order valence-electron chi connectivity index (χ2n) is 7.42. The first-order valence-electron chi connectivity index (χ1n) is 9.43. The van der Waals surface area contributed by atoms with Crippen LogP contribution in [-0.2, 0) is 0 Å². The van der Waals surface area contributed by atoms with E-state index in [1.54, 1.807) is 0 Å². The third-order valence-electron chi connectivity index (χ3n) is 5.22. The molecule has 1 N–H and O–H groups in total. The quantitative estimate of drug-likeness (QED) is 0.478. The second kappa shape index (κ2) is 10.9. The highest BCUT2D eigenvalue weighted by Gasteiger charge is 2.34. The van der Waals surface area contributed by atoms with Crippen LogP contribution in [0.4, 0.5) is 0 Å². The topological polar surface area (TPSA) is 12.0 Å². The van der Waals surface area contributed by atoms with Gasteiger partial charge in [0.1, 0.15) is 0 Å². The number of hydrogen-bond acceptors (Lipinski definition) is 2. The molecule has 0 saturated heterocycles. The Morgan fingerprint density at radius 3 is 2.43 bits per heavy atom. The molecule has 126 valence electrons. The molecule has 21 heavy (non-hydrogen) atoms. The summed E-state index contributed by atoms with van der Waals surface area (Å²) in [6.45, 7) is 10.4. The molecular formula is C19H39NS. The predicted octanol–water partition coefficient (Wildman–Crippen LogP) is 5.88. The van der Waals surface area contributed by atoms with Gasteiger partial charge in [0.15, 0.2) is 0 Å². The van der Waals surface area contributed by atoms with Gasteiger partial charge in [-0.25, -0.2) is 0 Å². The van der Waals surface area contributed by atoms with Crippen molar-refractivity contribution in [2.75, 3.05) is 18.1 Å². The van der Waals surface area contributed by atoms with Gasteiger partial charge in [0.25, 0.3) is 0 Å². The SMILES string of the molecule is CCCCC1CCC(CCCSCC)(CNC(C)C)CC1. The summed E-state index contributed by atoms with van der Waals surface area (Å²) >= 11 is 2.11. The zero-order valence-electron chi connectivity index (χ0n) is 15.0. The summed E-state index contributed by atoms with van der Waals surface area (Å²) in [6, 6.07) is 0.629. The van der Waals surface area contributed by atoms with Crippen molar-refractivity contribution in [3.8, 4) is 0 Å². The lowest BCUT2D eigenvalue weighted by Gasteiger charge is -2.41.